The van der Waals surface area contributed by atoms with Gasteiger partial charge < -0.3 is 0 Å². The van der Waals surface area contributed by atoms with Crippen LogP contribution in [-0.2, 0) is 0 Å². The molecule has 0 aromatic carbocycles. The summed E-state index contributed by atoms with van der Waals surface area (Å²) in [6.45, 7) is 1.56. The maximum Gasteiger partial charge on any atom is 0.165 e. The molecule has 0 aliphatic rings. The minimum Gasteiger partial charge on any atom is -0.275 e. The van der Waals surface area contributed by atoms with E-state index in [0.717, 1.165) is 0 Å². The summed E-state index contributed by atoms with van der Waals surface area (Å²) in [5.74, 6) is -0.492. The van der Waals surface area contributed by atoms with Crippen molar-refractivity contribution in [3.8, 4) is 0 Å². The van der Waals surface area contributed by atoms with Gasteiger partial charge in [0.1, 0.15) is 16.1 Å². The largest absolute Gasteiger partial charge is 0.275 e. The van der Waals surface area contributed by atoms with Crippen LogP contribution in [-0.4, -0.2) is 15.2 Å². The molecule has 2 aromatic rings. The SMILES string of the molecule is Cc1nc2cn[nH]c2c(Cl)c1F. The van der Waals surface area contributed by atoms with Crippen LogP contribution in [0.2, 0.25) is 5.02 Å². The van der Waals surface area contributed by atoms with Crippen LogP contribution in [0.4, 0.5) is 4.39 Å². The molecule has 0 radical (unpaired) electrons. The Morgan fingerprint density at radius 1 is 1.58 bits per heavy atom. The van der Waals surface area contributed by atoms with Gasteiger partial charge in [0.05, 0.1) is 11.9 Å². The molecule has 2 heterocycles. The van der Waals surface area contributed by atoms with Gasteiger partial charge in [0.25, 0.3) is 0 Å². The van der Waals surface area contributed by atoms with Gasteiger partial charge in [0, 0.05) is 0 Å². The van der Waals surface area contributed by atoms with Gasteiger partial charge in [0.2, 0.25) is 0 Å². The average molecular weight is 186 g/mol. The fourth-order valence-electron chi connectivity index (χ4n) is 1.02. The second-order valence-corrected chi connectivity index (χ2v) is 2.83. The molecule has 3 nitrogen and oxygen atoms in total. The lowest BCUT2D eigenvalue weighted by molar-refractivity contribution is 0.613. The van der Waals surface area contributed by atoms with Crippen molar-refractivity contribution < 1.29 is 4.39 Å². The molecule has 0 aliphatic heterocycles. The first-order chi connectivity index (χ1) is 5.70. The van der Waals surface area contributed by atoms with Crippen molar-refractivity contribution in [3.05, 3.63) is 22.7 Å². The lowest BCUT2D eigenvalue weighted by Gasteiger charge is -1.98. The van der Waals surface area contributed by atoms with E-state index in [1.807, 2.05) is 0 Å². The highest BCUT2D eigenvalue weighted by molar-refractivity contribution is 6.35. The van der Waals surface area contributed by atoms with Crippen molar-refractivity contribution in [3.63, 3.8) is 0 Å². The number of rotatable bonds is 0. The van der Waals surface area contributed by atoms with Crippen LogP contribution in [0.1, 0.15) is 5.69 Å². The number of fused-ring (bicyclic) bond motifs is 1. The minimum absolute atomic E-state index is 0.0509. The average Bonchev–Trinajstić information content (AvgIpc) is 2.48. The maximum absolute atomic E-state index is 13.1. The van der Waals surface area contributed by atoms with Gasteiger partial charge in [-0.25, -0.2) is 9.37 Å². The van der Waals surface area contributed by atoms with E-state index in [-0.39, 0.29) is 10.7 Å². The summed E-state index contributed by atoms with van der Waals surface area (Å²) >= 11 is 5.69. The van der Waals surface area contributed by atoms with Gasteiger partial charge in [0.15, 0.2) is 5.82 Å². The standard InChI is InChI=1S/C7H5ClFN3/c1-3-6(9)5(8)7-4(11-3)2-10-12-7/h2H,1H3,(H,10,12). The number of hydrogen-bond donors (Lipinski definition) is 1. The predicted molar refractivity (Wildman–Crippen MR) is 43.6 cm³/mol. The summed E-state index contributed by atoms with van der Waals surface area (Å²) in [6.07, 6.45) is 1.51. The van der Waals surface area contributed by atoms with Crippen molar-refractivity contribution >= 4 is 22.6 Å². The molecule has 0 spiro atoms. The van der Waals surface area contributed by atoms with Crippen LogP contribution in [0, 0.1) is 12.7 Å². The molecule has 0 saturated carbocycles. The van der Waals surface area contributed by atoms with Crippen LogP contribution in [0.5, 0.6) is 0 Å². The number of aromatic amines is 1. The first kappa shape index (κ1) is 7.49. The molecule has 0 aliphatic carbocycles. The first-order valence-electron chi connectivity index (χ1n) is 3.35. The maximum atomic E-state index is 13.1. The van der Waals surface area contributed by atoms with Gasteiger partial charge in [-0.2, -0.15) is 5.10 Å². The number of pyridine rings is 1. The zero-order valence-electron chi connectivity index (χ0n) is 6.23. The smallest absolute Gasteiger partial charge is 0.165 e. The Balaban J connectivity index is 2.94. The molecule has 5 heteroatoms. The molecule has 0 amide bonds. The van der Waals surface area contributed by atoms with Crippen LogP contribution >= 0.6 is 11.6 Å². The van der Waals surface area contributed by atoms with Crippen molar-refractivity contribution in [2.45, 2.75) is 6.92 Å². The van der Waals surface area contributed by atoms with Crippen LogP contribution < -0.4 is 0 Å². The molecule has 12 heavy (non-hydrogen) atoms. The molecular weight excluding hydrogens is 181 g/mol. The van der Waals surface area contributed by atoms with Crippen molar-refractivity contribution in [2.24, 2.45) is 0 Å². The van der Waals surface area contributed by atoms with Gasteiger partial charge >= 0.3 is 0 Å². The van der Waals surface area contributed by atoms with E-state index in [2.05, 4.69) is 15.2 Å². The van der Waals surface area contributed by atoms with Crippen molar-refractivity contribution in [1.82, 2.24) is 15.2 Å². The Morgan fingerprint density at radius 2 is 2.33 bits per heavy atom. The number of hydrogen-bond acceptors (Lipinski definition) is 2. The number of H-pyrrole nitrogens is 1. The highest BCUT2D eigenvalue weighted by Gasteiger charge is 2.11. The number of nitrogens with zero attached hydrogens (tertiary/aromatic N) is 2. The molecule has 0 fully saturated rings. The Morgan fingerprint density at radius 3 is 3.08 bits per heavy atom. The summed E-state index contributed by atoms with van der Waals surface area (Å²) in [5, 5.41) is 6.33. The van der Waals surface area contributed by atoms with E-state index in [1.165, 1.54) is 6.20 Å². The van der Waals surface area contributed by atoms with Crippen molar-refractivity contribution in [1.29, 1.82) is 0 Å². The summed E-state index contributed by atoms with van der Waals surface area (Å²) in [5.41, 5.74) is 1.31. The summed E-state index contributed by atoms with van der Waals surface area (Å²) in [7, 11) is 0. The van der Waals surface area contributed by atoms with Gasteiger partial charge in [-0.15, -0.1) is 0 Å². The van der Waals surface area contributed by atoms with Gasteiger partial charge in [-0.3, -0.25) is 5.10 Å². The van der Waals surface area contributed by atoms with Crippen LogP contribution in [0.25, 0.3) is 11.0 Å². The van der Waals surface area contributed by atoms with Crippen LogP contribution in [0.3, 0.4) is 0 Å². The first-order valence-corrected chi connectivity index (χ1v) is 3.72. The number of aromatic nitrogens is 3. The monoisotopic (exact) mass is 185 g/mol. The Labute approximate surface area is 72.6 Å². The number of aryl methyl sites for hydroxylation is 1. The molecule has 2 aromatic heterocycles. The lowest BCUT2D eigenvalue weighted by Crippen LogP contribution is -1.89. The van der Waals surface area contributed by atoms with Crippen molar-refractivity contribution in [2.75, 3.05) is 0 Å². The normalized spacial score (nSPS) is 10.9. The van der Waals surface area contributed by atoms with Gasteiger partial charge in [-0.1, -0.05) is 11.6 Å². The summed E-state index contributed by atoms with van der Waals surface area (Å²) < 4.78 is 13.1. The summed E-state index contributed by atoms with van der Waals surface area (Å²) in [6, 6.07) is 0. The van der Waals surface area contributed by atoms with Gasteiger partial charge in [-0.05, 0) is 6.92 Å². The molecule has 0 atom stereocenters. The third-order valence-corrected chi connectivity index (χ3v) is 1.99. The molecule has 1 N–H and O–H groups in total. The molecule has 0 bridgehead atoms. The van der Waals surface area contributed by atoms with E-state index in [0.29, 0.717) is 11.0 Å². The predicted octanol–water partition coefficient (Wildman–Crippen LogP) is 2.06. The molecule has 62 valence electrons. The third kappa shape index (κ3) is 0.881. The Kier molecular flexibility index (Phi) is 1.51. The van der Waals surface area contributed by atoms with E-state index < -0.39 is 5.82 Å². The van der Waals surface area contributed by atoms with E-state index >= 15 is 0 Å². The van der Waals surface area contributed by atoms with Crippen LogP contribution in [0.15, 0.2) is 6.20 Å². The quantitative estimate of drug-likeness (QED) is 0.683. The zero-order valence-corrected chi connectivity index (χ0v) is 6.98. The number of nitrogens with one attached hydrogen (secondary N) is 1. The molecule has 0 saturated heterocycles. The fourth-order valence-corrected chi connectivity index (χ4v) is 1.30. The topological polar surface area (TPSA) is 41.6 Å². The molecule has 2 rings (SSSR count). The highest BCUT2D eigenvalue weighted by atomic mass is 35.5. The summed E-state index contributed by atoms with van der Waals surface area (Å²) in [4.78, 5) is 3.94. The minimum atomic E-state index is -0.492. The molecule has 0 unspecified atom stereocenters. The lowest BCUT2D eigenvalue weighted by atomic mass is 10.3. The highest BCUT2D eigenvalue weighted by Crippen LogP contribution is 2.24. The molecular formula is C7H5ClFN3. The fraction of sp³-hybridized carbons (Fsp3) is 0.143. The number of halogens is 2. The van der Waals surface area contributed by atoms with E-state index in [4.69, 9.17) is 11.6 Å². The zero-order chi connectivity index (χ0) is 8.72. The van der Waals surface area contributed by atoms with E-state index in [1.54, 1.807) is 6.92 Å². The second kappa shape index (κ2) is 2.42. The Bertz CT molecular complexity index is 437. The second-order valence-electron chi connectivity index (χ2n) is 2.46. The van der Waals surface area contributed by atoms with E-state index in [9.17, 15) is 4.39 Å². The third-order valence-electron chi connectivity index (χ3n) is 1.64. The Hall–Kier alpha value is -1.16.